The molecule has 4 heteroatoms. The number of hydrogen-bond acceptors (Lipinski definition) is 3. The van der Waals surface area contributed by atoms with Gasteiger partial charge in [-0.3, -0.25) is 4.79 Å². The maximum Gasteiger partial charge on any atom is 0.166 e. The van der Waals surface area contributed by atoms with Crippen LogP contribution in [-0.4, -0.2) is 28.4 Å². The van der Waals surface area contributed by atoms with E-state index in [1.165, 1.54) is 0 Å². The Morgan fingerprint density at radius 1 is 1.39 bits per heavy atom. The summed E-state index contributed by atoms with van der Waals surface area (Å²) in [5, 5.41) is 3.29. The Bertz CT molecular complexity index is 582. The maximum atomic E-state index is 12.4. The summed E-state index contributed by atoms with van der Waals surface area (Å²) < 4.78 is 1.95. The number of carbonyl (C=O) groups excluding carboxylic acids is 1. The van der Waals surface area contributed by atoms with Crippen LogP contribution in [0.2, 0.25) is 0 Å². The molecule has 1 aliphatic rings. The fourth-order valence-corrected chi connectivity index (χ4v) is 2.60. The molecule has 0 aliphatic carbocycles. The molecule has 0 amide bonds. The van der Waals surface area contributed by atoms with E-state index < -0.39 is 0 Å². The number of hydrogen-bond donors (Lipinski definition) is 1. The molecule has 0 radical (unpaired) electrons. The van der Waals surface area contributed by atoms with Gasteiger partial charge in [0, 0.05) is 18.5 Å². The third kappa shape index (κ3) is 1.93. The summed E-state index contributed by atoms with van der Waals surface area (Å²) in [7, 11) is 1.95. The van der Waals surface area contributed by atoms with Gasteiger partial charge in [-0.05, 0) is 44.1 Å². The van der Waals surface area contributed by atoms with E-state index in [-0.39, 0.29) is 11.7 Å². The van der Waals surface area contributed by atoms with Gasteiger partial charge in [-0.2, -0.15) is 0 Å². The molecule has 18 heavy (non-hydrogen) atoms. The number of benzene rings is 1. The molecule has 0 atom stereocenters. The number of piperidine rings is 1. The van der Waals surface area contributed by atoms with Crippen LogP contribution < -0.4 is 5.32 Å². The topological polar surface area (TPSA) is 46.9 Å². The number of rotatable bonds is 2. The molecule has 1 saturated heterocycles. The van der Waals surface area contributed by atoms with Gasteiger partial charge in [0.1, 0.15) is 0 Å². The van der Waals surface area contributed by atoms with Gasteiger partial charge in [-0.15, -0.1) is 0 Å². The van der Waals surface area contributed by atoms with Crippen LogP contribution in [0.3, 0.4) is 0 Å². The number of aryl methyl sites for hydroxylation is 1. The van der Waals surface area contributed by atoms with Crippen molar-refractivity contribution in [1.29, 1.82) is 0 Å². The molecule has 0 saturated carbocycles. The van der Waals surface area contributed by atoms with E-state index in [9.17, 15) is 4.79 Å². The first kappa shape index (κ1) is 11.4. The number of nitrogens with one attached hydrogen (secondary N) is 1. The summed E-state index contributed by atoms with van der Waals surface area (Å²) in [4.78, 5) is 16.7. The molecule has 4 nitrogen and oxygen atoms in total. The molecule has 1 N–H and O–H groups in total. The molecule has 1 aromatic heterocycles. The largest absolute Gasteiger partial charge is 0.334 e. The minimum Gasteiger partial charge on any atom is -0.334 e. The Morgan fingerprint density at radius 3 is 2.94 bits per heavy atom. The maximum absolute atomic E-state index is 12.4. The van der Waals surface area contributed by atoms with Crippen molar-refractivity contribution in [3.8, 4) is 0 Å². The molecular formula is C14H17N3O. The first-order valence-electron chi connectivity index (χ1n) is 6.42. The molecule has 0 unspecified atom stereocenters. The molecule has 0 spiro atoms. The zero-order valence-electron chi connectivity index (χ0n) is 10.5. The van der Waals surface area contributed by atoms with Gasteiger partial charge in [-0.1, -0.05) is 0 Å². The first-order valence-corrected chi connectivity index (χ1v) is 6.42. The van der Waals surface area contributed by atoms with Crippen molar-refractivity contribution < 1.29 is 4.79 Å². The molecule has 3 rings (SSSR count). The van der Waals surface area contributed by atoms with E-state index >= 15 is 0 Å². The highest BCUT2D eigenvalue weighted by Gasteiger charge is 2.22. The summed E-state index contributed by atoms with van der Waals surface area (Å²) in [6.45, 7) is 1.90. The minimum atomic E-state index is 0.178. The van der Waals surface area contributed by atoms with Gasteiger partial charge in [-0.25, -0.2) is 4.98 Å². The van der Waals surface area contributed by atoms with E-state index in [4.69, 9.17) is 0 Å². The quantitative estimate of drug-likeness (QED) is 0.817. The summed E-state index contributed by atoms with van der Waals surface area (Å²) in [5.74, 6) is 0.455. The zero-order chi connectivity index (χ0) is 12.5. The van der Waals surface area contributed by atoms with E-state index in [2.05, 4.69) is 10.3 Å². The zero-order valence-corrected chi connectivity index (χ0v) is 10.5. The van der Waals surface area contributed by atoms with Crippen LogP contribution >= 0.6 is 0 Å². The van der Waals surface area contributed by atoms with E-state index in [0.717, 1.165) is 42.5 Å². The van der Waals surface area contributed by atoms with Gasteiger partial charge in [0.25, 0.3) is 0 Å². The summed E-state index contributed by atoms with van der Waals surface area (Å²) in [6, 6.07) is 5.80. The second-order valence-electron chi connectivity index (χ2n) is 4.95. The highest BCUT2D eigenvalue weighted by molar-refractivity contribution is 6.00. The van der Waals surface area contributed by atoms with Crippen molar-refractivity contribution in [2.75, 3.05) is 13.1 Å². The van der Waals surface area contributed by atoms with Gasteiger partial charge in [0.2, 0.25) is 0 Å². The van der Waals surface area contributed by atoms with Crippen LogP contribution in [0.5, 0.6) is 0 Å². The lowest BCUT2D eigenvalue weighted by atomic mass is 9.89. The molecule has 2 heterocycles. The molecule has 0 bridgehead atoms. The fraction of sp³-hybridized carbons (Fsp3) is 0.429. The molecular weight excluding hydrogens is 226 g/mol. The molecule has 2 aromatic rings. The number of carbonyl (C=O) groups is 1. The van der Waals surface area contributed by atoms with Crippen molar-refractivity contribution in [2.45, 2.75) is 12.8 Å². The molecule has 1 aliphatic heterocycles. The monoisotopic (exact) mass is 243 g/mol. The van der Waals surface area contributed by atoms with Crippen molar-refractivity contribution in [3.05, 3.63) is 30.1 Å². The van der Waals surface area contributed by atoms with Crippen molar-refractivity contribution in [1.82, 2.24) is 14.9 Å². The normalized spacial score (nSPS) is 17.2. The van der Waals surface area contributed by atoms with Crippen LogP contribution in [0.1, 0.15) is 23.2 Å². The Morgan fingerprint density at radius 2 is 2.17 bits per heavy atom. The predicted octanol–water partition coefficient (Wildman–Crippen LogP) is 1.76. The third-order valence-electron chi connectivity index (χ3n) is 3.72. The van der Waals surface area contributed by atoms with Crippen molar-refractivity contribution in [3.63, 3.8) is 0 Å². The van der Waals surface area contributed by atoms with E-state index in [1.54, 1.807) is 6.33 Å². The Labute approximate surface area is 106 Å². The standard InChI is InChI=1S/C14H17N3O/c1-17-9-16-12-3-2-11(8-13(12)17)14(18)10-4-6-15-7-5-10/h2-3,8-10,15H,4-7H2,1H3. The van der Waals surface area contributed by atoms with Crippen LogP contribution in [0.25, 0.3) is 11.0 Å². The second kappa shape index (κ2) is 4.53. The van der Waals surface area contributed by atoms with Crippen molar-refractivity contribution >= 4 is 16.8 Å². The lowest BCUT2D eigenvalue weighted by Crippen LogP contribution is -2.31. The van der Waals surface area contributed by atoms with Crippen LogP contribution in [0.4, 0.5) is 0 Å². The smallest absolute Gasteiger partial charge is 0.166 e. The van der Waals surface area contributed by atoms with Crippen molar-refractivity contribution in [2.24, 2.45) is 13.0 Å². The SMILES string of the molecule is Cn1cnc2ccc(C(=O)C3CCNCC3)cc21. The highest BCUT2D eigenvalue weighted by atomic mass is 16.1. The number of ketones is 1. The predicted molar refractivity (Wildman–Crippen MR) is 70.6 cm³/mol. The van der Waals surface area contributed by atoms with Gasteiger partial charge in [0.05, 0.1) is 17.4 Å². The van der Waals surface area contributed by atoms with Crippen LogP contribution in [0, 0.1) is 5.92 Å². The number of aromatic nitrogens is 2. The Kier molecular flexibility index (Phi) is 2.88. The third-order valence-corrected chi connectivity index (χ3v) is 3.72. The molecule has 1 aromatic carbocycles. The molecule has 94 valence electrons. The van der Waals surface area contributed by atoms with Gasteiger partial charge < -0.3 is 9.88 Å². The number of Topliss-reactive ketones (excluding diaryl/α,β-unsaturated/α-hetero) is 1. The highest BCUT2D eigenvalue weighted by Crippen LogP contribution is 2.21. The minimum absolute atomic E-state index is 0.178. The average Bonchev–Trinajstić information content (AvgIpc) is 2.80. The van der Waals surface area contributed by atoms with Crippen LogP contribution in [-0.2, 0) is 7.05 Å². The first-order chi connectivity index (χ1) is 8.75. The van der Waals surface area contributed by atoms with Gasteiger partial charge >= 0.3 is 0 Å². The van der Waals surface area contributed by atoms with Gasteiger partial charge in [0.15, 0.2) is 5.78 Å². The molecule has 1 fully saturated rings. The Balaban J connectivity index is 1.93. The van der Waals surface area contributed by atoms with E-state index in [0.29, 0.717) is 0 Å². The lowest BCUT2D eigenvalue weighted by molar-refractivity contribution is 0.0895. The summed E-state index contributed by atoms with van der Waals surface area (Å²) >= 11 is 0. The average molecular weight is 243 g/mol. The number of imidazole rings is 1. The van der Waals surface area contributed by atoms with E-state index in [1.807, 2.05) is 29.8 Å². The Hall–Kier alpha value is -1.68. The summed E-state index contributed by atoms with van der Waals surface area (Å²) in [5.41, 5.74) is 2.78. The number of fused-ring (bicyclic) bond motifs is 1. The van der Waals surface area contributed by atoms with Crippen LogP contribution in [0.15, 0.2) is 24.5 Å². The fourth-order valence-electron chi connectivity index (χ4n) is 2.60. The second-order valence-corrected chi connectivity index (χ2v) is 4.95. The summed E-state index contributed by atoms with van der Waals surface area (Å²) in [6.07, 6.45) is 3.67. The number of nitrogens with zero attached hydrogens (tertiary/aromatic N) is 2. The lowest BCUT2D eigenvalue weighted by Gasteiger charge is -2.21.